The Labute approximate surface area is 335 Å². The Morgan fingerprint density at radius 2 is 1.67 bits per heavy atom. The van der Waals surface area contributed by atoms with E-state index < -0.39 is 0 Å². The number of amides is 2. The number of halogens is 1. The molecule has 4 N–H and O–H groups in total. The third-order valence-electron chi connectivity index (χ3n) is 9.62. The van der Waals surface area contributed by atoms with E-state index >= 15 is 0 Å². The minimum absolute atomic E-state index is 0.00215. The van der Waals surface area contributed by atoms with E-state index in [0.29, 0.717) is 42.6 Å². The SMILES string of the molecule is CC(=N)N1C(=N)CN=C(c2ccc(Cl)cc2)c2c1sc(C)c2C.CCn1c2ccc(CNC(=O)CCCNC(C)=O)cc2c2ccc(-c3cc(C)cs3)cc21. The van der Waals surface area contributed by atoms with Crippen molar-refractivity contribution >= 4 is 90.3 Å². The first-order chi connectivity index (χ1) is 26.4. The summed E-state index contributed by atoms with van der Waals surface area (Å²) in [5.41, 5.74) is 10.1. The summed E-state index contributed by atoms with van der Waals surface area (Å²) < 4.78 is 2.36. The highest BCUT2D eigenvalue weighted by molar-refractivity contribution is 7.17. The zero-order valence-corrected chi connectivity index (χ0v) is 34.4. The number of hydrogen-bond donors (Lipinski definition) is 4. The predicted molar refractivity (Wildman–Crippen MR) is 232 cm³/mol. The van der Waals surface area contributed by atoms with Gasteiger partial charge in [-0.25, -0.2) is 0 Å². The molecule has 0 spiro atoms. The van der Waals surface area contributed by atoms with Crippen molar-refractivity contribution in [1.29, 1.82) is 10.8 Å². The van der Waals surface area contributed by atoms with Crippen LogP contribution in [0, 0.1) is 31.6 Å². The van der Waals surface area contributed by atoms with Crippen LogP contribution in [-0.2, 0) is 22.7 Å². The van der Waals surface area contributed by atoms with Crippen LogP contribution in [0.5, 0.6) is 0 Å². The number of rotatable bonds is 9. The summed E-state index contributed by atoms with van der Waals surface area (Å²) in [6.45, 7) is 13.8. The van der Waals surface area contributed by atoms with Crippen molar-refractivity contribution in [2.45, 2.75) is 67.5 Å². The standard InChI is InChI=1S/C26H29N3O2S.C17H17ClN4S/c1-4-29-23-10-7-19(15-28-26(31)6-5-11-27-18(3)30)13-22(23)21-9-8-20(14-24(21)29)25-12-17(2)16-32-25;1-9-10(2)23-17-15(9)16(12-4-6-13(18)7-5-12)21-8-14(20)22(17)11(3)19/h7-10,12-14,16H,4-6,11,15H2,1-3H3,(H,27,30)(H,28,31);4-7,19-20H,8H2,1-3H3. The van der Waals surface area contributed by atoms with Crippen LogP contribution >= 0.6 is 34.3 Å². The second-order valence-electron chi connectivity index (χ2n) is 13.7. The number of carbonyl (C=O) groups is 2. The average Bonchev–Trinajstić information content (AvgIpc) is 3.79. The van der Waals surface area contributed by atoms with E-state index in [-0.39, 0.29) is 18.4 Å². The van der Waals surface area contributed by atoms with E-state index in [1.54, 1.807) is 34.5 Å². The molecule has 0 atom stereocenters. The van der Waals surface area contributed by atoms with Crippen LogP contribution in [0.3, 0.4) is 0 Å². The Bertz CT molecular complexity index is 2460. The molecule has 4 heterocycles. The maximum atomic E-state index is 12.1. The number of hydrogen-bond acceptors (Lipinski definition) is 7. The minimum atomic E-state index is -0.0671. The predicted octanol–water partition coefficient (Wildman–Crippen LogP) is 10.0. The molecular weight excluding hydrogens is 746 g/mol. The highest BCUT2D eigenvalue weighted by Gasteiger charge is 2.29. The minimum Gasteiger partial charge on any atom is -0.356 e. The summed E-state index contributed by atoms with van der Waals surface area (Å²) in [5, 5.41) is 28.3. The van der Waals surface area contributed by atoms with E-state index in [9.17, 15) is 9.59 Å². The molecule has 3 aromatic heterocycles. The molecule has 3 aromatic carbocycles. The molecule has 0 aliphatic carbocycles. The number of carbonyl (C=O) groups excluding carboxylic acids is 2. The number of thiophene rings is 2. The van der Waals surface area contributed by atoms with Gasteiger partial charge in [-0.1, -0.05) is 41.9 Å². The van der Waals surface area contributed by atoms with Gasteiger partial charge in [0.25, 0.3) is 0 Å². The molecule has 1 aliphatic heterocycles. The molecule has 6 aromatic rings. The summed E-state index contributed by atoms with van der Waals surface area (Å²) in [6, 6.07) is 23.0. The molecule has 9 nitrogen and oxygen atoms in total. The van der Waals surface area contributed by atoms with Crippen LogP contribution in [0.2, 0.25) is 5.02 Å². The molecule has 284 valence electrons. The lowest BCUT2D eigenvalue weighted by molar-refractivity contribution is -0.122. The Morgan fingerprint density at radius 3 is 2.35 bits per heavy atom. The van der Waals surface area contributed by atoms with Crippen LogP contribution in [0.25, 0.3) is 32.2 Å². The zero-order chi connectivity index (χ0) is 39.4. The molecular formula is C43H46ClN7O2S2. The number of amidine groups is 2. The van der Waals surface area contributed by atoms with Gasteiger partial charge in [0, 0.05) is 80.7 Å². The lowest BCUT2D eigenvalue weighted by Gasteiger charge is -2.21. The first kappa shape index (κ1) is 39.6. The normalized spacial score (nSPS) is 12.5. The number of aryl methyl sites for hydroxylation is 3. The van der Waals surface area contributed by atoms with Crippen molar-refractivity contribution in [3.63, 3.8) is 0 Å². The van der Waals surface area contributed by atoms with Gasteiger partial charge in [0.1, 0.15) is 16.7 Å². The van der Waals surface area contributed by atoms with Gasteiger partial charge < -0.3 is 15.2 Å². The largest absolute Gasteiger partial charge is 0.356 e. The number of nitrogens with zero attached hydrogens (tertiary/aromatic N) is 3. The second kappa shape index (κ2) is 17.1. The Hall–Kier alpha value is -5.10. The monoisotopic (exact) mass is 791 g/mol. The van der Waals surface area contributed by atoms with Crippen molar-refractivity contribution in [1.82, 2.24) is 15.2 Å². The van der Waals surface area contributed by atoms with E-state index in [2.05, 4.69) is 95.7 Å². The molecule has 7 rings (SSSR count). The second-order valence-corrected chi connectivity index (χ2v) is 16.2. The highest BCUT2D eigenvalue weighted by Crippen LogP contribution is 2.39. The van der Waals surface area contributed by atoms with Gasteiger partial charge in [-0.3, -0.25) is 30.3 Å². The average molecular weight is 792 g/mol. The van der Waals surface area contributed by atoms with Crippen LogP contribution < -0.4 is 15.5 Å². The molecule has 0 saturated heterocycles. The fourth-order valence-electron chi connectivity index (χ4n) is 6.81. The topological polar surface area (TPSA) is 126 Å². The molecule has 0 unspecified atom stereocenters. The fourth-order valence-corrected chi connectivity index (χ4v) is 9.06. The van der Waals surface area contributed by atoms with Gasteiger partial charge in [0.2, 0.25) is 11.8 Å². The maximum Gasteiger partial charge on any atom is 0.220 e. The Morgan fingerprint density at radius 1 is 0.927 bits per heavy atom. The lowest BCUT2D eigenvalue weighted by Crippen LogP contribution is -2.35. The Kier molecular flexibility index (Phi) is 12.3. The molecule has 0 bridgehead atoms. The van der Waals surface area contributed by atoms with E-state index in [1.807, 2.05) is 24.3 Å². The van der Waals surface area contributed by atoms with Gasteiger partial charge in [0.05, 0.1) is 12.3 Å². The van der Waals surface area contributed by atoms with Gasteiger partial charge in [-0.15, -0.1) is 22.7 Å². The summed E-state index contributed by atoms with van der Waals surface area (Å²) in [5.74, 6) is 0.596. The molecule has 0 fully saturated rings. The van der Waals surface area contributed by atoms with Gasteiger partial charge in [-0.05, 0) is 105 Å². The summed E-state index contributed by atoms with van der Waals surface area (Å²) in [4.78, 5) is 31.9. The first-order valence-corrected chi connectivity index (χ1v) is 20.4. The fraction of sp³-hybridized carbons (Fsp3) is 0.279. The quantitative estimate of drug-likeness (QED) is 0.0662. The molecule has 0 radical (unpaired) electrons. The van der Waals surface area contributed by atoms with Crippen molar-refractivity contribution in [3.8, 4) is 10.4 Å². The molecule has 2 amide bonds. The van der Waals surface area contributed by atoms with Crippen LogP contribution in [-0.4, -0.2) is 46.9 Å². The molecule has 1 aliphatic rings. The lowest BCUT2D eigenvalue weighted by atomic mass is 10.00. The van der Waals surface area contributed by atoms with Crippen molar-refractivity contribution in [2.75, 3.05) is 18.0 Å². The van der Waals surface area contributed by atoms with Crippen LogP contribution in [0.1, 0.15) is 66.3 Å². The summed E-state index contributed by atoms with van der Waals surface area (Å²) >= 11 is 9.39. The van der Waals surface area contributed by atoms with Gasteiger partial charge >= 0.3 is 0 Å². The summed E-state index contributed by atoms with van der Waals surface area (Å²) in [6.07, 6.45) is 1.04. The number of fused-ring (bicyclic) bond motifs is 4. The zero-order valence-electron chi connectivity index (χ0n) is 32.0. The third-order valence-corrected chi connectivity index (χ3v) is 12.2. The van der Waals surface area contributed by atoms with Crippen molar-refractivity contribution < 1.29 is 9.59 Å². The molecule has 12 heteroatoms. The highest BCUT2D eigenvalue weighted by atomic mass is 35.5. The third kappa shape index (κ3) is 8.75. The molecule has 0 saturated carbocycles. The number of aromatic nitrogens is 1. The Balaban J connectivity index is 0.000000197. The van der Waals surface area contributed by atoms with Gasteiger partial charge in [0.15, 0.2) is 0 Å². The van der Waals surface area contributed by atoms with Crippen molar-refractivity contribution in [3.05, 3.63) is 110 Å². The maximum absolute atomic E-state index is 12.1. The van der Waals surface area contributed by atoms with E-state index in [0.717, 1.165) is 39.5 Å². The van der Waals surface area contributed by atoms with Gasteiger partial charge in [-0.2, -0.15) is 0 Å². The number of anilines is 1. The van der Waals surface area contributed by atoms with Crippen molar-refractivity contribution in [2.24, 2.45) is 4.99 Å². The van der Waals surface area contributed by atoms with E-state index in [4.69, 9.17) is 22.4 Å². The van der Waals surface area contributed by atoms with Crippen LogP contribution in [0.15, 0.2) is 77.1 Å². The summed E-state index contributed by atoms with van der Waals surface area (Å²) in [7, 11) is 0. The molecule has 55 heavy (non-hydrogen) atoms. The number of nitrogens with one attached hydrogen (secondary N) is 4. The number of benzene rings is 3. The van der Waals surface area contributed by atoms with E-state index in [1.165, 1.54) is 49.6 Å². The van der Waals surface area contributed by atoms with Crippen LogP contribution in [0.4, 0.5) is 5.00 Å². The number of aliphatic imine (C=N–C) groups is 1. The smallest absolute Gasteiger partial charge is 0.220 e. The first-order valence-electron chi connectivity index (χ1n) is 18.3.